The Morgan fingerprint density at radius 1 is 0.941 bits per heavy atom. The SMILES string of the molecule is Cc1ccc(F)cc1C(=O)Nc1ccc(C(=O)N2CCc3ccccc3-c3ccccc32)cn1. The van der Waals surface area contributed by atoms with E-state index in [1.54, 1.807) is 30.0 Å². The van der Waals surface area contributed by atoms with E-state index in [1.807, 2.05) is 36.4 Å². The zero-order valence-corrected chi connectivity index (χ0v) is 18.6. The first kappa shape index (κ1) is 21.5. The Labute approximate surface area is 196 Å². The van der Waals surface area contributed by atoms with Crippen LogP contribution in [0.15, 0.2) is 85.1 Å². The summed E-state index contributed by atoms with van der Waals surface area (Å²) in [6, 6.07) is 23.4. The number of halogens is 1. The molecule has 1 aromatic heterocycles. The topological polar surface area (TPSA) is 62.3 Å². The molecule has 0 atom stereocenters. The molecular formula is C28H22FN3O2. The van der Waals surface area contributed by atoms with E-state index in [2.05, 4.69) is 22.4 Å². The first-order valence-corrected chi connectivity index (χ1v) is 11.0. The fraction of sp³-hybridized carbons (Fsp3) is 0.107. The number of hydrogen-bond acceptors (Lipinski definition) is 3. The maximum atomic E-state index is 13.5. The number of anilines is 2. The highest BCUT2D eigenvalue weighted by atomic mass is 19.1. The Bertz CT molecular complexity index is 1400. The molecule has 3 aromatic carbocycles. The molecule has 2 amide bonds. The van der Waals surface area contributed by atoms with Crippen molar-refractivity contribution in [3.8, 4) is 11.1 Å². The molecule has 1 N–H and O–H groups in total. The van der Waals surface area contributed by atoms with Gasteiger partial charge in [0.25, 0.3) is 11.8 Å². The fourth-order valence-corrected chi connectivity index (χ4v) is 4.27. The Morgan fingerprint density at radius 3 is 2.50 bits per heavy atom. The maximum absolute atomic E-state index is 13.5. The monoisotopic (exact) mass is 451 g/mol. The second-order valence-corrected chi connectivity index (χ2v) is 8.23. The molecule has 2 heterocycles. The van der Waals surface area contributed by atoms with Gasteiger partial charge < -0.3 is 10.2 Å². The number of carbonyl (C=O) groups excluding carboxylic acids is 2. The zero-order chi connectivity index (χ0) is 23.7. The number of amides is 2. The van der Waals surface area contributed by atoms with Crippen molar-refractivity contribution in [1.82, 2.24) is 4.98 Å². The summed E-state index contributed by atoms with van der Waals surface area (Å²) in [5.74, 6) is -0.812. The molecule has 5 nitrogen and oxygen atoms in total. The number of nitrogens with zero attached hydrogens (tertiary/aromatic N) is 2. The Kier molecular flexibility index (Phi) is 5.64. The second kappa shape index (κ2) is 8.90. The van der Waals surface area contributed by atoms with Crippen molar-refractivity contribution in [3.63, 3.8) is 0 Å². The zero-order valence-electron chi connectivity index (χ0n) is 18.6. The molecule has 0 bridgehead atoms. The van der Waals surface area contributed by atoms with Gasteiger partial charge in [0.1, 0.15) is 11.6 Å². The summed E-state index contributed by atoms with van der Waals surface area (Å²) >= 11 is 0. The highest BCUT2D eigenvalue weighted by Gasteiger charge is 2.25. The first-order valence-electron chi connectivity index (χ1n) is 11.0. The number of nitrogens with one attached hydrogen (secondary N) is 1. The summed E-state index contributed by atoms with van der Waals surface area (Å²) in [6.45, 7) is 2.28. The molecule has 0 unspecified atom stereocenters. The van der Waals surface area contributed by atoms with Crippen molar-refractivity contribution < 1.29 is 14.0 Å². The quantitative estimate of drug-likeness (QED) is 0.438. The lowest BCUT2D eigenvalue weighted by Gasteiger charge is -2.23. The van der Waals surface area contributed by atoms with E-state index in [1.165, 1.54) is 23.9 Å². The van der Waals surface area contributed by atoms with Crippen LogP contribution in [-0.2, 0) is 6.42 Å². The van der Waals surface area contributed by atoms with Gasteiger partial charge in [-0.2, -0.15) is 0 Å². The number of aryl methyl sites for hydroxylation is 1. The van der Waals surface area contributed by atoms with Gasteiger partial charge in [-0.05, 0) is 60.4 Å². The summed E-state index contributed by atoms with van der Waals surface area (Å²) in [5.41, 5.74) is 5.53. The number of carbonyl (C=O) groups is 2. The molecule has 0 spiro atoms. The summed E-state index contributed by atoms with van der Waals surface area (Å²) in [5, 5.41) is 2.67. The maximum Gasteiger partial charge on any atom is 0.259 e. The molecule has 5 rings (SSSR count). The summed E-state index contributed by atoms with van der Waals surface area (Å²) in [6.07, 6.45) is 2.20. The van der Waals surface area contributed by atoms with E-state index >= 15 is 0 Å². The Balaban J connectivity index is 1.38. The van der Waals surface area contributed by atoms with Gasteiger partial charge in [0.05, 0.1) is 11.3 Å². The number of hydrogen-bond donors (Lipinski definition) is 1. The lowest BCUT2D eigenvalue weighted by Crippen LogP contribution is -2.32. The summed E-state index contributed by atoms with van der Waals surface area (Å²) < 4.78 is 13.5. The van der Waals surface area contributed by atoms with Crippen LogP contribution in [0.5, 0.6) is 0 Å². The number of rotatable bonds is 3. The molecule has 0 radical (unpaired) electrons. The van der Waals surface area contributed by atoms with Crippen LogP contribution in [0.2, 0.25) is 0 Å². The average Bonchev–Trinajstić information content (AvgIpc) is 3.03. The van der Waals surface area contributed by atoms with Gasteiger partial charge >= 0.3 is 0 Å². The number of pyridine rings is 1. The minimum Gasteiger partial charge on any atom is -0.307 e. The standard InChI is InChI=1S/C28H22FN3O2/c1-18-10-12-21(29)16-24(18)27(33)31-26-13-11-20(17-30-26)28(34)32-15-14-19-6-2-3-7-22(19)23-8-4-5-9-25(23)32/h2-13,16-17H,14-15H2,1H3,(H,30,31,33). The first-order chi connectivity index (χ1) is 16.5. The summed E-state index contributed by atoms with van der Waals surface area (Å²) in [7, 11) is 0. The van der Waals surface area contributed by atoms with Gasteiger partial charge in [-0.1, -0.05) is 48.5 Å². The van der Waals surface area contributed by atoms with Gasteiger partial charge in [-0.15, -0.1) is 0 Å². The number of aromatic nitrogens is 1. The van der Waals surface area contributed by atoms with E-state index < -0.39 is 11.7 Å². The second-order valence-electron chi connectivity index (χ2n) is 8.23. The van der Waals surface area contributed by atoms with Crippen LogP contribution in [0.4, 0.5) is 15.9 Å². The van der Waals surface area contributed by atoms with Crippen LogP contribution in [0.25, 0.3) is 11.1 Å². The van der Waals surface area contributed by atoms with E-state index in [0.29, 0.717) is 17.7 Å². The average molecular weight is 452 g/mol. The van der Waals surface area contributed by atoms with Gasteiger partial charge in [-0.3, -0.25) is 9.59 Å². The molecule has 1 aliphatic heterocycles. The molecule has 0 saturated heterocycles. The largest absolute Gasteiger partial charge is 0.307 e. The predicted molar refractivity (Wildman–Crippen MR) is 131 cm³/mol. The molecule has 34 heavy (non-hydrogen) atoms. The third-order valence-corrected chi connectivity index (χ3v) is 6.05. The van der Waals surface area contributed by atoms with Crippen molar-refractivity contribution in [1.29, 1.82) is 0 Å². The van der Waals surface area contributed by atoms with Crippen molar-refractivity contribution in [2.45, 2.75) is 13.3 Å². The molecule has 0 saturated carbocycles. The van der Waals surface area contributed by atoms with Crippen molar-refractivity contribution >= 4 is 23.3 Å². The van der Waals surface area contributed by atoms with Crippen molar-refractivity contribution in [3.05, 3.63) is 113 Å². The predicted octanol–water partition coefficient (Wildman–Crippen LogP) is 5.65. The number of para-hydroxylation sites is 1. The molecule has 1 aliphatic rings. The Morgan fingerprint density at radius 2 is 1.71 bits per heavy atom. The van der Waals surface area contributed by atoms with Gasteiger partial charge in [0.15, 0.2) is 0 Å². The van der Waals surface area contributed by atoms with Crippen LogP contribution < -0.4 is 10.2 Å². The summed E-state index contributed by atoms with van der Waals surface area (Å²) in [4.78, 5) is 32.0. The van der Waals surface area contributed by atoms with E-state index in [4.69, 9.17) is 0 Å². The van der Waals surface area contributed by atoms with Crippen molar-refractivity contribution in [2.24, 2.45) is 0 Å². The third-order valence-electron chi connectivity index (χ3n) is 6.05. The van der Waals surface area contributed by atoms with Crippen LogP contribution in [0.1, 0.15) is 31.8 Å². The van der Waals surface area contributed by atoms with Gasteiger partial charge in [0, 0.05) is 23.9 Å². The molecular weight excluding hydrogens is 429 g/mol. The van der Waals surface area contributed by atoms with E-state index in [-0.39, 0.29) is 17.3 Å². The molecule has 4 aromatic rings. The van der Waals surface area contributed by atoms with Crippen LogP contribution in [0, 0.1) is 12.7 Å². The highest BCUT2D eigenvalue weighted by Crippen LogP contribution is 2.36. The van der Waals surface area contributed by atoms with Gasteiger partial charge in [0.2, 0.25) is 0 Å². The lowest BCUT2D eigenvalue weighted by molar-refractivity contribution is 0.0986. The normalized spacial score (nSPS) is 12.4. The minimum absolute atomic E-state index is 0.161. The Hall–Kier alpha value is -4.32. The van der Waals surface area contributed by atoms with E-state index in [9.17, 15) is 14.0 Å². The number of benzene rings is 3. The molecule has 168 valence electrons. The number of fused-ring (bicyclic) bond motifs is 3. The van der Waals surface area contributed by atoms with Crippen LogP contribution in [0.3, 0.4) is 0 Å². The molecule has 6 heteroatoms. The third kappa shape index (κ3) is 4.06. The van der Waals surface area contributed by atoms with Gasteiger partial charge in [-0.25, -0.2) is 9.37 Å². The van der Waals surface area contributed by atoms with Crippen LogP contribution in [-0.4, -0.2) is 23.3 Å². The molecule has 0 aliphatic carbocycles. The smallest absolute Gasteiger partial charge is 0.259 e. The minimum atomic E-state index is -0.482. The van der Waals surface area contributed by atoms with Crippen molar-refractivity contribution in [2.75, 3.05) is 16.8 Å². The lowest BCUT2D eigenvalue weighted by atomic mass is 9.98. The van der Waals surface area contributed by atoms with E-state index in [0.717, 1.165) is 23.2 Å². The fourth-order valence-electron chi connectivity index (χ4n) is 4.27. The highest BCUT2D eigenvalue weighted by molar-refractivity contribution is 6.09. The molecule has 0 fully saturated rings. The van der Waals surface area contributed by atoms with Crippen LogP contribution >= 0.6 is 0 Å².